The van der Waals surface area contributed by atoms with Crippen molar-refractivity contribution in [1.82, 2.24) is 9.80 Å². The van der Waals surface area contributed by atoms with E-state index >= 15 is 0 Å². The van der Waals surface area contributed by atoms with E-state index in [1.165, 1.54) is 12.1 Å². The van der Waals surface area contributed by atoms with Crippen LogP contribution in [0.1, 0.15) is 25.3 Å². The first-order chi connectivity index (χ1) is 11.3. The summed E-state index contributed by atoms with van der Waals surface area (Å²) in [6.45, 7) is 3.11. The molecule has 1 N–H and O–H groups in total. The van der Waals surface area contributed by atoms with Crippen LogP contribution in [0.15, 0.2) is 18.2 Å². The zero-order chi connectivity index (χ0) is 17.9. The number of nitrogens with zero attached hydrogens (tertiary/aromatic N) is 2. The highest BCUT2D eigenvalue weighted by molar-refractivity contribution is 6.45. The van der Waals surface area contributed by atoms with E-state index < -0.39 is 36.1 Å². The smallest absolute Gasteiger partial charge is 0.324 e. The summed E-state index contributed by atoms with van der Waals surface area (Å²) in [7, 11) is 0. The second kappa shape index (κ2) is 7.20. The van der Waals surface area contributed by atoms with Gasteiger partial charge in [-0.15, -0.1) is 0 Å². The van der Waals surface area contributed by atoms with Gasteiger partial charge in [0.1, 0.15) is 12.4 Å². The maximum atomic E-state index is 13.2. The Labute approximate surface area is 138 Å². The standard InChI is InChI=1S/C16H18FN3O4/c1-3-4-7-19-14(22)15(23)20(16(19)24)9-13(21)18-12-8-11(17)6-5-10(12)2/h5-6,8H,3-4,7,9H2,1-2H3,(H,18,21). The van der Waals surface area contributed by atoms with E-state index in [9.17, 15) is 23.6 Å². The molecule has 2 rings (SSSR count). The molecular formula is C16H18FN3O4. The third-order valence-corrected chi connectivity index (χ3v) is 3.65. The van der Waals surface area contributed by atoms with E-state index in [0.717, 1.165) is 17.4 Å². The minimum atomic E-state index is -1.03. The van der Waals surface area contributed by atoms with Crippen molar-refractivity contribution in [1.29, 1.82) is 0 Å². The summed E-state index contributed by atoms with van der Waals surface area (Å²) in [6, 6.07) is 3.08. The van der Waals surface area contributed by atoms with Crippen LogP contribution in [-0.4, -0.2) is 46.6 Å². The Kier molecular flexibility index (Phi) is 5.28. The number of hydrogen-bond donors (Lipinski definition) is 1. The summed E-state index contributed by atoms with van der Waals surface area (Å²) in [5, 5.41) is 2.44. The molecule has 1 saturated heterocycles. The molecule has 1 aliphatic rings. The lowest BCUT2D eigenvalue weighted by molar-refractivity contribution is -0.143. The van der Waals surface area contributed by atoms with Crippen molar-refractivity contribution in [3.63, 3.8) is 0 Å². The van der Waals surface area contributed by atoms with Crippen LogP contribution in [0.5, 0.6) is 0 Å². The average molecular weight is 335 g/mol. The zero-order valence-corrected chi connectivity index (χ0v) is 13.5. The number of hydrogen-bond acceptors (Lipinski definition) is 4. The Morgan fingerprint density at radius 1 is 1.17 bits per heavy atom. The second-order valence-electron chi connectivity index (χ2n) is 5.49. The predicted molar refractivity (Wildman–Crippen MR) is 83.5 cm³/mol. The van der Waals surface area contributed by atoms with E-state index in [4.69, 9.17) is 0 Å². The number of amides is 5. The Morgan fingerprint density at radius 2 is 1.83 bits per heavy atom. The highest BCUT2D eigenvalue weighted by Crippen LogP contribution is 2.17. The molecule has 0 atom stereocenters. The van der Waals surface area contributed by atoms with Crippen LogP contribution in [0.2, 0.25) is 0 Å². The van der Waals surface area contributed by atoms with Crippen LogP contribution >= 0.6 is 0 Å². The molecule has 1 fully saturated rings. The Balaban J connectivity index is 2.05. The van der Waals surface area contributed by atoms with E-state index in [2.05, 4.69) is 5.32 Å². The van der Waals surface area contributed by atoms with Crippen LogP contribution in [0.3, 0.4) is 0 Å². The molecular weight excluding hydrogens is 317 g/mol. The van der Waals surface area contributed by atoms with Crippen molar-refractivity contribution in [3.8, 4) is 0 Å². The third-order valence-electron chi connectivity index (χ3n) is 3.65. The van der Waals surface area contributed by atoms with Crippen molar-refractivity contribution in [3.05, 3.63) is 29.6 Å². The second-order valence-corrected chi connectivity index (χ2v) is 5.49. The van der Waals surface area contributed by atoms with Crippen LogP contribution in [-0.2, 0) is 14.4 Å². The molecule has 0 spiro atoms. The predicted octanol–water partition coefficient (Wildman–Crippen LogP) is 1.66. The summed E-state index contributed by atoms with van der Waals surface area (Å²) >= 11 is 0. The fourth-order valence-corrected chi connectivity index (χ4v) is 2.27. The van der Waals surface area contributed by atoms with Gasteiger partial charge in [-0.2, -0.15) is 0 Å². The first-order valence-electron chi connectivity index (χ1n) is 7.58. The van der Waals surface area contributed by atoms with Gasteiger partial charge in [-0.1, -0.05) is 19.4 Å². The number of carbonyl (C=O) groups excluding carboxylic acids is 4. The lowest BCUT2D eigenvalue weighted by Gasteiger charge is -2.15. The number of anilines is 1. The fourth-order valence-electron chi connectivity index (χ4n) is 2.27. The zero-order valence-electron chi connectivity index (χ0n) is 13.5. The Hall–Kier alpha value is -2.77. The lowest BCUT2D eigenvalue weighted by Crippen LogP contribution is -2.39. The topological polar surface area (TPSA) is 86.8 Å². The highest BCUT2D eigenvalue weighted by atomic mass is 19.1. The number of halogens is 1. The maximum Gasteiger partial charge on any atom is 0.334 e. The first kappa shape index (κ1) is 17.6. The van der Waals surface area contributed by atoms with Crippen LogP contribution in [0, 0.1) is 12.7 Å². The molecule has 1 aromatic carbocycles. The van der Waals surface area contributed by atoms with E-state index in [1.807, 2.05) is 6.92 Å². The molecule has 0 unspecified atom stereocenters. The molecule has 0 aromatic heterocycles. The number of imide groups is 2. The number of aryl methyl sites for hydroxylation is 1. The molecule has 128 valence electrons. The normalized spacial score (nSPS) is 14.5. The van der Waals surface area contributed by atoms with Gasteiger partial charge in [0.25, 0.3) is 0 Å². The van der Waals surface area contributed by atoms with Crippen molar-refractivity contribution < 1.29 is 23.6 Å². The highest BCUT2D eigenvalue weighted by Gasteiger charge is 2.44. The summed E-state index contributed by atoms with van der Waals surface area (Å²) in [6.07, 6.45) is 1.33. The summed E-state index contributed by atoms with van der Waals surface area (Å²) in [5.41, 5.74) is 0.873. The molecule has 1 aliphatic heterocycles. The molecule has 1 heterocycles. The minimum absolute atomic E-state index is 0.140. The summed E-state index contributed by atoms with van der Waals surface area (Å²) in [5.74, 6) is -3.16. The van der Waals surface area contributed by atoms with Gasteiger partial charge in [0.2, 0.25) is 5.91 Å². The number of nitrogens with one attached hydrogen (secondary N) is 1. The van der Waals surface area contributed by atoms with Gasteiger partial charge in [-0.05, 0) is 31.0 Å². The number of rotatable bonds is 6. The summed E-state index contributed by atoms with van der Waals surface area (Å²) in [4.78, 5) is 49.3. The van der Waals surface area contributed by atoms with Crippen LogP contribution in [0.25, 0.3) is 0 Å². The molecule has 0 saturated carbocycles. The molecule has 0 aliphatic carbocycles. The van der Waals surface area contributed by atoms with Crippen LogP contribution < -0.4 is 5.32 Å². The first-order valence-corrected chi connectivity index (χ1v) is 7.58. The number of unbranched alkanes of at least 4 members (excludes halogenated alkanes) is 1. The molecule has 24 heavy (non-hydrogen) atoms. The van der Waals surface area contributed by atoms with Gasteiger partial charge >= 0.3 is 17.8 Å². The minimum Gasteiger partial charge on any atom is -0.324 e. The third kappa shape index (κ3) is 3.58. The Bertz CT molecular complexity index is 705. The van der Waals surface area contributed by atoms with Gasteiger partial charge in [-0.25, -0.2) is 14.1 Å². The monoisotopic (exact) mass is 335 g/mol. The van der Waals surface area contributed by atoms with Gasteiger partial charge in [0.15, 0.2) is 0 Å². The van der Waals surface area contributed by atoms with Crippen molar-refractivity contribution in [2.24, 2.45) is 0 Å². The van der Waals surface area contributed by atoms with Gasteiger partial charge < -0.3 is 5.32 Å². The van der Waals surface area contributed by atoms with Crippen molar-refractivity contribution in [2.75, 3.05) is 18.4 Å². The molecule has 0 radical (unpaired) electrons. The fraction of sp³-hybridized carbons (Fsp3) is 0.375. The van der Waals surface area contributed by atoms with Crippen LogP contribution in [0.4, 0.5) is 14.9 Å². The Morgan fingerprint density at radius 3 is 2.50 bits per heavy atom. The van der Waals surface area contributed by atoms with Crippen molar-refractivity contribution in [2.45, 2.75) is 26.7 Å². The molecule has 5 amide bonds. The number of carbonyl (C=O) groups is 4. The van der Waals surface area contributed by atoms with Gasteiger partial charge in [-0.3, -0.25) is 19.3 Å². The van der Waals surface area contributed by atoms with E-state index in [-0.39, 0.29) is 12.2 Å². The number of benzene rings is 1. The molecule has 0 bridgehead atoms. The SMILES string of the molecule is CCCCN1C(=O)C(=O)N(CC(=O)Nc2cc(F)ccc2C)C1=O. The number of urea groups is 1. The average Bonchev–Trinajstić information content (AvgIpc) is 2.73. The molecule has 7 nitrogen and oxygen atoms in total. The molecule has 8 heteroatoms. The maximum absolute atomic E-state index is 13.2. The van der Waals surface area contributed by atoms with E-state index in [0.29, 0.717) is 16.9 Å². The quantitative estimate of drug-likeness (QED) is 0.633. The molecule has 1 aromatic rings. The van der Waals surface area contributed by atoms with Gasteiger partial charge in [0.05, 0.1) is 0 Å². The largest absolute Gasteiger partial charge is 0.334 e. The van der Waals surface area contributed by atoms with Crippen molar-refractivity contribution >= 4 is 29.4 Å². The van der Waals surface area contributed by atoms with Gasteiger partial charge in [0, 0.05) is 12.2 Å². The van der Waals surface area contributed by atoms with E-state index in [1.54, 1.807) is 6.92 Å². The lowest BCUT2D eigenvalue weighted by atomic mass is 10.2. The summed E-state index contributed by atoms with van der Waals surface area (Å²) < 4.78 is 13.2.